The quantitative estimate of drug-likeness (QED) is 0.717. The summed E-state index contributed by atoms with van der Waals surface area (Å²) in [6.07, 6.45) is 2.28. The molecule has 2 heterocycles. The van der Waals surface area contributed by atoms with Crippen LogP contribution in [0.4, 0.5) is 0 Å². The van der Waals surface area contributed by atoms with E-state index in [2.05, 4.69) is 46.7 Å². The van der Waals surface area contributed by atoms with Crippen LogP contribution in [0.5, 0.6) is 0 Å². The highest BCUT2D eigenvalue weighted by Crippen LogP contribution is 2.32. The van der Waals surface area contributed by atoms with E-state index in [9.17, 15) is 9.59 Å². The Bertz CT molecular complexity index is 993. The number of nitrogens with one attached hydrogen (secondary N) is 2. The number of nitrogens with zero attached hydrogens (tertiary/aromatic N) is 2. The highest BCUT2D eigenvalue weighted by Gasteiger charge is 2.29. The molecule has 1 saturated heterocycles. The fraction of sp³-hybridized carbons (Fsp3) is 0.318. The van der Waals surface area contributed by atoms with Crippen molar-refractivity contribution in [2.24, 2.45) is 0 Å². The molecule has 1 fully saturated rings. The van der Waals surface area contributed by atoms with Crippen LogP contribution >= 0.6 is 0 Å². The van der Waals surface area contributed by atoms with Gasteiger partial charge in [-0.3, -0.25) is 14.7 Å². The number of fused-ring (bicyclic) bond motifs is 1. The van der Waals surface area contributed by atoms with Crippen molar-refractivity contribution in [3.63, 3.8) is 0 Å². The molecular weight excluding hydrogens is 352 g/mol. The van der Waals surface area contributed by atoms with Gasteiger partial charge in [-0.15, -0.1) is 0 Å². The molecule has 2 N–H and O–H groups in total. The topological polar surface area (TPSA) is 78.1 Å². The lowest BCUT2D eigenvalue weighted by Crippen LogP contribution is -2.34. The van der Waals surface area contributed by atoms with Crippen LogP contribution < -0.4 is 5.32 Å². The minimum atomic E-state index is -0.262. The van der Waals surface area contributed by atoms with Crippen LogP contribution in [0, 0.1) is 6.92 Å². The van der Waals surface area contributed by atoms with E-state index in [4.69, 9.17) is 0 Å². The Morgan fingerprint density at radius 2 is 1.96 bits per heavy atom. The zero-order valence-electron chi connectivity index (χ0n) is 15.9. The van der Waals surface area contributed by atoms with Crippen molar-refractivity contribution in [3.8, 4) is 0 Å². The van der Waals surface area contributed by atoms with Crippen LogP contribution in [-0.2, 0) is 4.79 Å². The Hall–Kier alpha value is -3.15. The molecule has 3 aromatic rings. The predicted octanol–water partition coefficient (Wildman–Crippen LogP) is 3.35. The predicted molar refractivity (Wildman–Crippen MR) is 108 cm³/mol. The summed E-state index contributed by atoms with van der Waals surface area (Å²) >= 11 is 0. The smallest absolute Gasteiger partial charge is 0.272 e. The summed E-state index contributed by atoms with van der Waals surface area (Å²) in [6.45, 7) is 3.14. The third-order valence-electron chi connectivity index (χ3n) is 5.35. The van der Waals surface area contributed by atoms with E-state index < -0.39 is 0 Å². The third-order valence-corrected chi connectivity index (χ3v) is 5.35. The van der Waals surface area contributed by atoms with Crippen molar-refractivity contribution in [1.29, 1.82) is 0 Å². The summed E-state index contributed by atoms with van der Waals surface area (Å²) in [4.78, 5) is 27.1. The zero-order chi connectivity index (χ0) is 19.5. The van der Waals surface area contributed by atoms with E-state index in [-0.39, 0.29) is 24.3 Å². The molecule has 1 aliphatic heterocycles. The number of carbonyl (C=O) groups is 2. The number of carbonyl (C=O) groups excluding carboxylic acids is 2. The monoisotopic (exact) mass is 376 g/mol. The lowest BCUT2D eigenvalue weighted by atomic mass is 10.0. The Labute approximate surface area is 163 Å². The lowest BCUT2D eigenvalue weighted by molar-refractivity contribution is -0.132. The van der Waals surface area contributed by atoms with E-state index in [1.165, 1.54) is 11.1 Å². The first-order valence-electron chi connectivity index (χ1n) is 9.71. The third kappa shape index (κ3) is 3.63. The second-order valence-corrected chi connectivity index (χ2v) is 7.28. The summed E-state index contributed by atoms with van der Waals surface area (Å²) < 4.78 is 0. The molecule has 0 bridgehead atoms. The summed E-state index contributed by atoms with van der Waals surface area (Å²) in [5.74, 6) is -0.183. The van der Waals surface area contributed by atoms with Crippen LogP contribution in [0.25, 0.3) is 10.9 Å². The zero-order valence-corrected chi connectivity index (χ0v) is 15.9. The van der Waals surface area contributed by atoms with E-state index in [1.54, 1.807) is 0 Å². The number of hydrogen-bond acceptors (Lipinski definition) is 3. The summed E-state index contributed by atoms with van der Waals surface area (Å²) in [5, 5.41) is 10.6. The molecule has 28 heavy (non-hydrogen) atoms. The molecule has 4 rings (SSSR count). The molecule has 144 valence electrons. The Kier molecular flexibility index (Phi) is 5.10. The molecule has 2 aromatic carbocycles. The van der Waals surface area contributed by atoms with Crippen molar-refractivity contribution in [2.45, 2.75) is 32.2 Å². The van der Waals surface area contributed by atoms with Gasteiger partial charge in [-0.2, -0.15) is 5.10 Å². The van der Waals surface area contributed by atoms with Crippen molar-refractivity contribution in [2.75, 3.05) is 13.1 Å². The highest BCUT2D eigenvalue weighted by molar-refractivity contribution is 6.04. The van der Waals surface area contributed by atoms with Crippen molar-refractivity contribution in [3.05, 3.63) is 65.4 Å². The maximum atomic E-state index is 12.7. The second-order valence-electron chi connectivity index (χ2n) is 7.28. The molecule has 2 amide bonds. The number of aromatic nitrogens is 2. The van der Waals surface area contributed by atoms with Gasteiger partial charge in [0.2, 0.25) is 5.91 Å². The van der Waals surface area contributed by atoms with Crippen molar-refractivity contribution >= 4 is 22.7 Å². The van der Waals surface area contributed by atoms with E-state index in [0.29, 0.717) is 12.2 Å². The summed E-state index contributed by atoms with van der Waals surface area (Å²) in [6, 6.07) is 16.0. The second kappa shape index (κ2) is 7.84. The van der Waals surface area contributed by atoms with Gasteiger partial charge >= 0.3 is 0 Å². The maximum absolute atomic E-state index is 12.7. The minimum Gasteiger partial charge on any atom is -0.350 e. The molecule has 1 aromatic heterocycles. The van der Waals surface area contributed by atoms with Gasteiger partial charge in [0.15, 0.2) is 5.69 Å². The molecule has 1 unspecified atom stereocenters. The summed E-state index contributed by atoms with van der Waals surface area (Å²) in [7, 11) is 0. The molecule has 0 spiro atoms. The van der Waals surface area contributed by atoms with E-state index >= 15 is 0 Å². The molecule has 0 aliphatic carbocycles. The van der Waals surface area contributed by atoms with E-state index in [0.717, 1.165) is 30.3 Å². The average Bonchev–Trinajstić information content (AvgIpc) is 3.36. The van der Waals surface area contributed by atoms with Crippen LogP contribution in [0.1, 0.15) is 46.9 Å². The average molecular weight is 376 g/mol. The SMILES string of the molecule is Cc1ccc(C2CCCN2C(=O)CCNC(=O)c2n[nH]c3ccccc23)cc1. The van der Waals surface area contributed by atoms with Gasteiger partial charge in [0.25, 0.3) is 5.91 Å². The molecule has 0 saturated carbocycles. The number of hydrogen-bond donors (Lipinski definition) is 2. The number of rotatable bonds is 5. The number of aryl methyl sites for hydroxylation is 1. The number of aromatic amines is 1. The minimum absolute atomic E-state index is 0.0789. The molecule has 1 atom stereocenters. The number of likely N-dealkylation sites (tertiary alicyclic amines) is 1. The molecule has 1 aliphatic rings. The van der Waals surface area contributed by atoms with Gasteiger partial charge in [0.1, 0.15) is 0 Å². The van der Waals surface area contributed by atoms with Gasteiger partial charge in [-0.25, -0.2) is 0 Å². The molecule has 0 radical (unpaired) electrons. The van der Waals surface area contributed by atoms with Gasteiger partial charge in [-0.05, 0) is 31.4 Å². The number of amides is 2. The number of benzene rings is 2. The van der Waals surface area contributed by atoms with Crippen LogP contribution in [0.2, 0.25) is 0 Å². The molecule has 6 nitrogen and oxygen atoms in total. The lowest BCUT2D eigenvalue weighted by Gasteiger charge is -2.25. The Morgan fingerprint density at radius 1 is 1.18 bits per heavy atom. The van der Waals surface area contributed by atoms with Gasteiger partial charge in [0.05, 0.1) is 11.6 Å². The molecular formula is C22H24N4O2. The number of para-hydroxylation sites is 1. The first-order chi connectivity index (χ1) is 13.6. The molecule has 6 heteroatoms. The highest BCUT2D eigenvalue weighted by atomic mass is 16.2. The maximum Gasteiger partial charge on any atom is 0.272 e. The van der Waals surface area contributed by atoms with Crippen LogP contribution in [0.3, 0.4) is 0 Å². The Morgan fingerprint density at radius 3 is 2.79 bits per heavy atom. The number of H-pyrrole nitrogens is 1. The standard InChI is InChI=1S/C22H24N4O2/c1-15-8-10-16(11-9-15)19-7-4-14-26(19)20(27)12-13-23-22(28)21-17-5-2-3-6-18(17)24-25-21/h2-3,5-6,8-11,19H,4,7,12-14H2,1H3,(H,23,28)(H,24,25). The fourth-order valence-corrected chi connectivity index (χ4v) is 3.85. The van der Waals surface area contributed by atoms with Gasteiger partial charge in [0, 0.05) is 24.9 Å². The van der Waals surface area contributed by atoms with Gasteiger partial charge < -0.3 is 10.2 Å². The fourth-order valence-electron chi connectivity index (χ4n) is 3.85. The largest absolute Gasteiger partial charge is 0.350 e. The van der Waals surface area contributed by atoms with Gasteiger partial charge in [-0.1, -0.05) is 48.0 Å². The van der Waals surface area contributed by atoms with Crippen molar-refractivity contribution in [1.82, 2.24) is 20.4 Å². The summed E-state index contributed by atoms with van der Waals surface area (Å²) in [5.41, 5.74) is 3.58. The first kappa shape index (κ1) is 18.2. The van der Waals surface area contributed by atoms with E-state index in [1.807, 2.05) is 29.2 Å². The Balaban J connectivity index is 1.35. The normalized spacial score (nSPS) is 16.5. The van der Waals surface area contributed by atoms with Crippen molar-refractivity contribution < 1.29 is 9.59 Å². The van der Waals surface area contributed by atoms with Crippen LogP contribution in [0.15, 0.2) is 48.5 Å². The van der Waals surface area contributed by atoms with Crippen LogP contribution in [-0.4, -0.2) is 40.0 Å². The first-order valence-corrected chi connectivity index (χ1v) is 9.71.